The predicted octanol–water partition coefficient (Wildman–Crippen LogP) is 3.67. The van der Waals surface area contributed by atoms with Gasteiger partial charge in [-0.15, -0.1) is 0 Å². The molecule has 2 rings (SSSR count). The summed E-state index contributed by atoms with van der Waals surface area (Å²) in [6.45, 7) is 0. The summed E-state index contributed by atoms with van der Waals surface area (Å²) in [6, 6.07) is 1.75. The number of aromatic amines is 1. The van der Waals surface area contributed by atoms with Gasteiger partial charge in [-0.3, -0.25) is 0 Å². The Bertz CT molecular complexity index is 647. The molecule has 3 nitrogen and oxygen atoms in total. The molecule has 108 valence electrons. The Hall–Kier alpha value is -2.19. The van der Waals surface area contributed by atoms with Crippen LogP contribution < -0.4 is 5.63 Å². The van der Waals surface area contributed by atoms with Crippen LogP contribution in [0.3, 0.4) is 0 Å². The normalized spacial score (nSPS) is 12.7. The molecule has 0 fully saturated rings. The van der Waals surface area contributed by atoms with Gasteiger partial charge >= 0.3 is 18.0 Å². The summed E-state index contributed by atoms with van der Waals surface area (Å²) in [4.78, 5) is 10.8. The van der Waals surface area contributed by atoms with Gasteiger partial charge in [0.1, 0.15) is 0 Å². The minimum absolute atomic E-state index is 0.00168. The number of hydrogen-bond acceptors (Lipinski definition) is 2. The maximum Gasteiger partial charge on any atom is 0.416 e. The molecule has 0 saturated carbocycles. The molecule has 0 spiro atoms. The van der Waals surface area contributed by atoms with Crippen LogP contribution in [0.15, 0.2) is 33.6 Å². The van der Waals surface area contributed by atoms with Crippen LogP contribution in [0.1, 0.15) is 11.1 Å². The highest BCUT2D eigenvalue weighted by Crippen LogP contribution is 2.38. The van der Waals surface area contributed by atoms with Crippen molar-refractivity contribution in [2.75, 3.05) is 0 Å². The summed E-state index contributed by atoms with van der Waals surface area (Å²) in [6.07, 6.45) is -9.89. The van der Waals surface area contributed by atoms with E-state index in [1.165, 1.54) is 0 Å². The van der Waals surface area contributed by atoms with Crippen LogP contribution in [0.25, 0.3) is 11.3 Å². The van der Waals surface area contributed by atoms with E-state index in [0.717, 1.165) is 6.07 Å². The van der Waals surface area contributed by atoms with Gasteiger partial charge in [-0.25, -0.2) is 9.95 Å². The zero-order chi connectivity index (χ0) is 15.1. The quantitative estimate of drug-likeness (QED) is 0.816. The van der Waals surface area contributed by atoms with Crippen LogP contribution in [0.2, 0.25) is 0 Å². The maximum atomic E-state index is 12.6. The molecule has 1 aromatic heterocycles. The molecule has 0 aliphatic carbocycles. The first-order chi connectivity index (χ1) is 9.07. The molecule has 0 bridgehead atoms. The Labute approximate surface area is 106 Å². The van der Waals surface area contributed by atoms with E-state index in [2.05, 4.69) is 4.52 Å². The van der Waals surface area contributed by atoms with Gasteiger partial charge < -0.3 is 4.52 Å². The molecule has 0 aliphatic rings. The lowest BCUT2D eigenvalue weighted by Gasteiger charge is -2.13. The van der Waals surface area contributed by atoms with Crippen LogP contribution in [-0.2, 0) is 12.4 Å². The maximum absolute atomic E-state index is 12.6. The molecular formula is C11H5F6NO2. The van der Waals surface area contributed by atoms with E-state index in [-0.39, 0.29) is 11.8 Å². The molecule has 20 heavy (non-hydrogen) atoms. The lowest BCUT2D eigenvalue weighted by Crippen LogP contribution is -2.11. The number of aromatic nitrogens is 1. The van der Waals surface area contributed by atoms with E-state index in [9.17, 15) is 31.1 Å². The fraction of sp³-hybridized carbons (Fsp3) is 0.182. The molecule has 1 heterocycles. The van der Waals surface area contributed by atoms with Crippen LogP contribution in [-0.4, -0.2) is 5.16 Å². The molecule has 1 N–H and O–H groups in total. The molecule has 0 saturated heterocycles. The predicted molar refractivity (Wildman–Crippen MR) is 54.8 cm³/mol. The number of benzene rings is 1. The third-order valence-corrected chi connectivity index (χ3v) is 2.42. The Morgan fingerprint density at radius 3 is 1.70 bits per heavy atom. The van der Waals surface area contributed by atoms with Gasteiger partial charge in [-0.2, -0.15) is 26.3 Å². The first-order valence-corrected chi connectivity index (χ1v) is 5.06. The van der Waals surface area contributed by atoms with E-state index < -0.39 is 34.7 Å². The van der Waals surface area contributed by atoms with Crippen LogP contribution in [0, 0.1) is 0 Å². The van der Waals surface area contributed by atoms with Gasteiger partial charge in [0.25, 0.3) is 0 Å². The second-order valence-electron chi connectivity index (χ2n) is 3.88. The molecule has 0 amide bonds. The number of alkyl halides is 6. The second-order valence-corrected chi connectivity index (χ2v) is 3.88. The summed E-state index contributed by atoms with van der Waals surface area (Å²) in [7, 11) is 0. The summed E-state index contributed by atoms with van der Waals surface area (Å²) in [5.41, 5.74) is -4.57. The third kappa shape index (κ3) is 2.86. The van der Waals surface area contributed by atoms with Crippen LogP contribution in [0.5, 0.6) is 0 Å². The highest BCUT2D eigenvalue weighted by Gasteiger charge is 2.37. The largest absolute Gasteiger partial charge is 0.416 e. The SMILES string of the molecule is O=c1cc(-c2cc(C(F)(F)F)cc(C(F)(F)F)c2)[nH]o1. The molecule has 0 radical (unpaired) electrons. The van der Waals surface area contributed by atoms with E-state index in [1.54, 1.807) is 0 Å². The van der Waals surface area contributed by atoms with Gasteiger partial charge in [-0.05, 0) is 18.2 Å². The van der Waals surface area contributed by atoms with Gasteiger partial charge in [0.2, 0.25) is 0 Å². The van der Waals surface area contributed by atoms with Gasteiger partial charge in [0.15, 0.2) is 0 Å². The minimum atomic E-state index is -4.94. The second kappa shape index (κ2) is 4.43. The molecule has 0 aliphatic heterocycles. The third-order valence-electron chi connectivity index (χ3n) is 2.42. The lowest BCUT2D eigenvalue weighted by molar-refractivity contribution is -0.143. The van der Waals surface area contributed by atoms with Gasteiger partial charge in [0, 0.05) is 5.56 Å². The highest BCUT2D eigenvalue weighted by atomic mass is 19.4. The van der Waals surface area contributed by atoms with Crippen molar-refractivity contribution in [2.24, 2.45) is 0 Å². The van der Waals surface area contributed by atoms with Crippen molar-refractivity contribution in [1.82, 2.24) is 5.16 Å². The van der Waals surface area contributed by atoms with Crippen molar-refractivity contribution in [2.45, 2.75) is 12.4 Å². The number of halogens is 6. The summed E-state index contributed by atoms with van der Waals surface area (Å²) in [5, 5.41) is 1.96. The fourth-order valence-electron chi connectivity index (χ4n) is 1.53. The Morgan fingerprint density at radius 2 is 1.35 bits per heavy atom. The number of H-pyrrole nitrogens is 1. The Kier molecular flexibility index (Phi) is 3.15. The number of hydrogen-bond donors (Lipinski definition) is 1. The zero-order valence-electron chi connectivity index (χ0n) is 9.39. The molecule has 9 heteroatoms. The molecule has 0 unspecified atom stereocenters. The van der Waals surface area contributed by atoms with E-state index in [1.807, 2.05) is 5.16 Å². The smallest absolute Gasteiger partial charge is 0.339 e. The molecule has 2 aromatic rings. The van der Waals surface area contributed by atoms with Gasteiger partial charge in [0.05, 0.1) is 22.9 Å². The fourth-order valence-corrected chi connectivity index (χ4v) is 1.53. The van der Waals surface area contributed by atoms with Crippen LogP contribution in [0.4, 0.5) is 26.3 Å². The molecular weight excluding hydrogens is 292 g/mol. The van der Waals surface area contributed by atoms with E-state index >= 15 is 0 Å². The van der Waals surface area contributed by atoms with Crippen molar-refractivity contribution in [3.8, 4) is 11.3 Å². The molecule has 0 atom stereocenters. The minimum Gasteiger partial charge on any atom is -0.339 e. The van der Waals surface area contributed by atoms with Gasteiger partial charge in [-0.1, -0.05) is 0 Å². The van der Waals surface area contributed by atoms with Crippen LogP contribution >= 0.6 is 0 Å². The average molecular weight is 297 g/mol. The lowest BCUT2D eigenvalue weighted by atomic mass is 10.0. The van der Waals surface area contributed by atoms with E-state index in [0.29, 0.717) is 12.1 Å². The van der Waals surface area contributed by atoms with Crippen molar-refractivity contribution in [3.63, 3.8) is 0 Å². The number of nitrogens with one attached hydrogen (secondary N) is 1. The Balaban J connectivity index is 2.66. The zero-order valence-corrected chi connectivity index (χ0v) is 9.39. The summed E-state index contributed by atoms with van der Waals surface area (Å²) < 4.78 is 79.8. The summed E-state index contributed by atoms with van der Waals surface area (Å²) in [5.74, 6) is 0. The van der Waals surface area contributed by atoms with E-state index in [4.69, 9.17) is 0 Å². The average Bonchev–Trinajstić information content (AvgIpc) is 2.73. The van der Waals surface area contributed by atoms with Crippen molar-refractivity contribution < 1.29 is 30.9 Å². The van der Waals surface area contributed by atoms with Crippen molar-refractivity contribution in [1.29, 1.82) is 0 Å². The first-order valence-electron chi connectivity index (χ1n) is 5.06. The topological polar surface area (TPSA) is 46.0 Å². The monoisotopic (exact) mass is 297 g/mol. The summed E-state index contributed by atoms with van der Waals surface area (Å²) >= 11 is 0. The van der Waals surface area contributed by atoms with Crippen molar-refractivity contribution >= 4 is 0 Å². The standard InChI is InChI=1S/C11H5F6NO2/c12-10(13,14)6-1-5(8-4-9(19)20-18-8)2-7(3-6)11(15,16)17/h1-4,18H. The Morgan fingerprint density at radius 1 is 0.850 bits per heavy atom. The van der Waals surface area contributed by atoms with Crippen molar-refractivity contribution in [3.05, 3.63) is 45.8 Å². The molecule has 1 aromatic carbocycles. The highest BCUT2D eigenvalue weighted by molar-refractivity contribution is 5.61. The number of rotatable bonds is 1. The first kappa shape index (κ1) is 14.2.